The molecule has 0 saturated carbocycles. The lowest BCUT2D eigenvalue weighted by atomic mass is 9.93. The summed E-state index contributed by atoms with van der Waals surface area (Å²) in [6.07, 6.45) is 1.16. The van der Waals surface area contributed by atoms with Gasteiger partial charge in [0.15, 0.2) is 0 Å². The molecule has 1 atom stereocenters. The van der Waals surface area contributed by atoms with Gasteiger partial charge in [-0.1, -0.05) is 20.8 Å². The Bertz CT molecular complexity index is 348. The lowest BCUT2D eigenvalue weighted by molar-refractivity contribution is -0.140. The van der Waals surface area contributed by atoms with E-state index in [0.29, 0.717) is 25.9 Å². The normalized spacial score (nSPS) is 20.8. The Kier molecular flexibility index (Phi) is 4.61. The number of rotatable bonds is 2. The summed E-state index contributed by atoms with van der Waals surface area (Å²) in [4.78, 5) is 25.8. The van der Waals surface area contributed by atoms with Gasteiger partial charge in [0.2, 0.25) is 11.8 Å². The zero-order valence-electron chi connectivity index (χ0n) is 12.6. The molecule has 1 aliphatic heterocycles. The third-order valence-corrected chi connectivity index (χ3v) is 3.55. The minimum atomic E-state index is -0.672. The quantitative estimate of drug-likeness (QED) is 0.783. The molecule has 1 saturated heterocycles. The minimum Gasteiger partial charge on any atom is -0.390 e. The molecule has 1 aliphatic rings. The average Bonchev–Trinajstić information content (AvgIpc) is 2.26. The van der Waals surface area contributed by atoms with Crippen LogP contribution in [0, 0.1) is 5.41 Å². The van der Waals surface area contributed by atoms with Crippen LogP contribution in [0.25, 0.3) is 0 Å². The van der Waals surface area contributed by atoms with Crippen molar-refractivity contribution in [2.45, 2.75) is 59.1 Å². The van der Waals surface area contributed by atoms with Gasteiger partial charge in [0.1, 0.15) is 6.04 Å². The van der Waals surface area contributed by atoms with Crippen molar-refractivity contribution in [3.63, 3.8) is 0 Å². The number of piperidine rings is 1. The molecule has 0 aromatic carbocycles. The summed E-state index contributed by atoms with van der Waals surface area (Å²) in [6, 6.07) is -0.519. The van der Waals surface area contributed by atoms with Crippen molar-refractivity contribution in [2.24, 2.45) is 5.41 Å². The van der Waals surface area contributed by atoms with Gasteiger partial charge in [0, 0.05) is 18.5 Å². The van der Waals surface area contributed by atoms with E-state index in [2.05, 4.69) is 5.32 Å². The summed E-state index contributed by atoms with van der Waals surface area (Å²) < 4.78 is 0. The molecule has 0 bridgehead atoms. The Morgan fingerprint density at radius 3 is 2.16 bits per heavy atom. The first-order valence-electron chi connectivity index (χ1n) is 6.85. The highest BCUT2D eigenvalue weighted by Crippen LogP contribution is 2.21. The molecule has 1 rings (SSSR count). The summed E-state index contributed by atoms with van der Waals surface area (Å²) in [5.74, 6) is -0.203. The van der Waals surface area contributed by atoms with Crippen molar-refractivity contribution in [3.8, 4) is 0 Å². The molecule has 1 unspecified atom stereocenters. The van der Waals surface area contributed by atoms with E-state index in [1.807, 2.05) is 20.8 Å². The summed E-state index contributed by atoms with van der Waals surface area (Å²) in [7, 11) is 0. The standard InChI is InChI=1S/C14H26N2O3/c1-10(15-12(18)13(2,3)4)11(17)16-8-6-14(5,19)7-9-16/h10,19H,6-9H2,1-5H3,(H,15,18). The first-order chi connectivity index (χ1) is 8.53. The minimum absolute atomic E-state index is 0.0758. The van der Waals surface area contributed by atoms with E-state index in [-0.39, 0.29) is 11.8 Å². The highest BCUT2D eigenvalue weighted by atomic mass is 16.3. The van der Waals surface area contributed by atoms with Crippen LogP contribution in [0.5, 0.6) is 0 Å². The molecule has 0 aliphatic carbocycles. The Hall–Kier alpha value is -1.10. The molecular weight excluding hydrogens is 244 g/mol. The first-order valence-corrected chi connectivity index (χ1v) is 6.85. The average molecular weight is 270 g/mol. The summed E-state index contributed by atoms with van der Waals surface area (Å²) >= 11 is 0. The van der Waals surface area contributed by atoms with Crippen LogP contribution in [0.3, 0.4) is 0 Å². The highest BCUT2D eigenvalue weighted by molar-refractivity contribution is 5.89. The molecule has 0 spiro atoms. The van der Waals surface area contributed by atoms with Crippen molar-refractivity contribution >= 4 is 11.8 Å². The van der Waals surface area contributed by atoms with Gasteiger partial charge >= 0.3 is 0 Å². The van der Waals surface area contributed by atoms with Crippen LogP contribution in [0.1, 0.15) is 47.5 Å². The van der Waals surface area contributed by atoms with Gasteiger partial charge in [-0.25, -0.2) is 0 Å². The van der Waals surface area contributed by atoms with Crippen molar-refractivity contribution < 1.29 is 14.7 Å². The molecule has 0 aromatic heterocycles. The van der Waals surface area contributed by atoms with Crippen molar-refractivity contribution in [3.05, 3.63) is 0 Å². The maximum atomic E-state index is 12.2. The molecule has 5 nitrogen and oxygen atoms in total. The van der Waals surface area contributed by atoms with Crippen molar-refractivity contribution in [1.82, 2.24) is 10.2 Å². The Morgan fingerprint density at radius 2 is 1.74 bits per heavy atom. The maximum Gasteiger partial charge on any atom is 0.244 e. The number of amides is 2. The lowest BCUT2D eigenvalue weighted by Gasteiger charge is -2.37. The molecule has 2 N–H and O–H groups in total. The van der Waals surface area contributed by atoms with Gasteiger partial charge < -0.3 is 15.3 Å². The molecule has 0 radical (unpaired) electrons. The van der Waals surface area contributed by atoms with E-state index in [0.717, 1.165) is 0 Å². The van der Waals surface area contributed by atoms with Crippen LogP contribution in [-0.2, 0) is 9.59 Å². The fourth-order valence-corrected chi connectivity index (χ4v) is 1.96. The number of carbonyl (C=O) groups is 2. The maximum absolute atomic E-state index is 12.2. The van der Waals surface area contributed by atoms with Crippen LogP contribution < -0.4 is 5.32 Å². The number of hydrogen-bond donors (Lipinski definition) is 2. The largest absolute Gasteiger partial charge is 0.390 e. The van der Waals surface area contributed by atoms with E-state index >= 15 is 0 Å². The van der Waals surface area contributed by atoms with E-state index in [9.17, 15) is 14.7 Å². The van der Waals surface area contributed by atoms with Crippen molar-refractivity contribution in [2.75, 3.05) is 13.1 Å². The fourth-order valence-electron chi connectivity index (χ4n) is 1.96. The van der Waals surface area contributed by atoms with E-state index in [1.54, 1.807) is 18.7 Å². The molecule has 110 valence electrons. The number of hydrogen-bond acceptors (Lipinski definition) is 3. The number of likely N-dealkylation sites (tertiary alicyclic amines) is 1. The molecule has 1 fully saturated rings. The molecule has 19 heavy (non-hydrogen) atoms. The van der Waals surface area contributed by atoms with Gasteiger partial charge in [0.25, 0.3) is 0 Å². The lowest BCUT2D eigenvalue weighted by Crippen LogP contribution is -2.53. The summed E-state index contributed by atoms with van der Waals surface area (Å²) in [6.45, 7) is 10.0. The zero-order valence-corrected chi connectivity index (χ0v) is 12.6. The van der Waals surface area contributed by atoms with Crippen molar-refractivity contribution in [1.29, 1.82) is 0 Å². The molecular formula is C14H26N2O3. The molecule has 5 heteroatoms. The summed E-state index contributed by atoms with van der Waals surface area (Å²) in [5, 5.41) is 12.6. The smallest absolute Gasteiger partial charge is 0.244 e. The van der Waals surface area contributed by atoms with Gasteiger partial charge in [-0.3, -0.25) is 9.59 Å². The van der Waals surface area contributed by atoms with Crippen LogP contribution >= 0.6 is 0 Å². The predicted molar refractivity (Wildman–Crippen MR) is 73.5 cm³/mol. The van der Waals surface area contributed by atoms with Crippen LogP contribution in [-0.4, -0.2) is 46.6 Å². The number of nitrogens with one attached hydrogen (secondary N) is 1. The van der Waals surface area contributed by atoms with E-state index < -0.39 is 17.1 Å². The van der Waals surface area contributed by atoms with E-state index in [4.69, 9.17) is 0 Å². The monoisotopic (exact) mass is 270 g/mol. The van der Waals surface area contributed by atoms with Crippen LogP contribution in [0.2, 0.25) is 0 Å². The van der Waals surface area contributed by atoms with Crippen LogP contribution in [0.4, 0.5) is 0 Å². The number of nitrogens with zero attached hydrogens (tertiary/aromatic N) is 1. The third kappa shape index (κ3) is 4.49. The zero-order chi connectivity index (χ0) is 14.8. The second kappa shape index (κ2) is 5.49. The van der Waals surface area contributed by atoms with Gasteiger partial charge in [-0.2, -0.15) is 0 Å². The molecule has 1 heterocycles. The Labute approximate surface area is 115 Å². The van der Waals surface area contributed by atoms with E-state index in [1.165, 1.54) is 0 Å². The highest BCUT2D eigenvalue weighted by Gasteiger charge is 2.32. The predicted octanol–water partition coefficient (Wildman–Crippen LogP) is 0.911. The summed E-state index contributed by atoms with van der Waals surface area (Å²) in [5.41, 5.74) is -1.17. The van der Waals surface area contributed by atoms with Crippen LogP contribution in [0.15, 0.2) is 0 Å². The Balaban J connectivity index is 2.52. The van der Waals surface area contributed by atoms with Gasteiger partial charge in [-0.15, -0.1) is 0 Å². The topological polar surface area (TPSA) is 69.6 Å². The Morgan fingerprint density at radius 1 is 1.26 bits per heavy atom. The van der Waals surface area contributed by atoms with Gasteiger partial charge in [0.05, 0.1) is 5.60 Å². The molecule has 2 amide bonds. The second-order valence-electron chi connectivity index (χ2n) is 6.77. The second-order valence-corrected chi connectivity index (χ2v) is 6.77. The molecule has 0 aromatic rings. The third-order valence-electron chi connectivity index (χ3n) is 3.55. The number of carbonyl (C=O) groups excluding carboxylic acids is 2. The first kappa shape index (κ1) is 16.0. The van der Waals surface area contributed by atoms with Gasteiger partial charge in [-0.05, 0) is 26.7 Å². The number of aliphatic hydroxyl groups is 1. The SMILES string of the molecule is CC(NC(=O)C(C)(C)C)C(=O)N1CCC(C)(O)CC1. The fraction of sp³-hybridized carbons (Fsp3) is 0.857.